The maximum absolute atomic E-state index is 11.8. The van der Waals surface area contributed by atoms with Gasteiger partial charge in [-0.1, -0.05) is 29.8 Å². The van der Waals surface area contributed by atoms with E-state index in [0.29, 0.717) is 41.9 Å². The lowest BCUT2D eigenvalue weighted by Gasteiger charge is -2.12. The number of halogens is 2. The van der Waals surface area contributed by atoms with Gasteiger partial charge in [-0.15, -0.1) is 0 Å². The number of nitrogens with one attached hydrogen (secondary N) is 2. The Labute approximate surface area is 169 Å². The molecule has 7 heteroatoms. The number of benzene rings is 2. The van der Waals surface area contributed by atoms with Crippen molar-refractivity contribution in [2.24, 2.45) is 0 Å². The normalized spacial score (nSPS) is 10.1. The van der Waals surface area contributed by atoms with Gasteiger partial charge in [-0.3, -0.25) is 4.79 Å². The molecule has 0 atom stereocenters. The van der Waals surface area contributed by atoms with E-state index < -0.39 is 0 Å². The van der Waals surface area contributed by atoms with Crippen molar-refractivity contribution < 1.29 is 14.3 Å². The van der Waals surface area contributed by atoms with Crippen LogP contribution in [0, 0.1) is 0 Å². The third-order valence-electron chi connectivity index (χ3n) is 3.49. The summed E-state index contributed by atoms with van der Waals surface area (Å²) in [7, 11) is 0. The number of carbonyl (C=O) groups excluding carboxylic acids is 1. The van der Waals surface area contributed by atoms with Crippen LogP contribution in [0.1, 0.15) is 6.42 Å². The lowest BCUT2D eigenvalue weighted by Crippen LogP contribution is -2.31. The summed E-state index contributed by atoms with van der Waals surface area (Å²) in [5.74, 6) is 1.17. The Morgan fingerprint density at radius 2 is 1.41 bits per heavy atom. The van der Waals surface area contributed by atoms with Crippen LogP contribution in [0.4, 0.5) is 0 Å². The molecule has 0 fully saturated rings. The zero-order valence-corrected chi connectivity index (χ0v) is 16.4. The van der Waals surface area contributed by atoms with Crippen LogP contribution in [0.5, 0.6) is 11.5 Å². The summed E-state index contributed by atoms with van der Waals surface area (Å²) in [6.45, 7) is 5.49. The molecule has 0 spiro atoms. The Hall–Kier alpha value is -2.37. The number of hydrogen-bond acceptors (Lipinski definition) is 4. The van der Waals surface area contributed by atoms with Crippen molar-refractivity contribution in [1.29, 1.82) is 0 Å². The minimum absolute atomic E-state index is 0.0452. The van der Waals surface area contributed by atoms with E-state index in [0.717, 1.165) is 11.4 Å². The van der Waals surface area contributed by atoms with Crippen LogP contribution in [-0.4, -0.2) is 32.2 Å². The summed E-state index contributed by atoms with van der Waals surface area (Å²) in [4.78, 5) is 11.8. The zero-order valence-electron chi connectivity index (χ0n) is 14.8. The average Bonchev–Trinajstić information content (AvgIpc) is 2.66. The molecule has 0 unspecified atom stereocenters. The van der Waals surface area contributed by atoms with Crippen LogP contribution in [-0.2, 0) is 4.79 Å². The van der Waals surface area contributed by atoms with E-state index in [1.54, 1.807) is 36.4 Å². The number of carbonyl (C=O) groups is 1. The molecule has 0 saturated carbocycles. The Morgan fingerprint density at radius 3 is 2.00 bits per heavy atom. The van der Waals surface area contributed by atoms with Gasteiger partial charge in [0, 0.05) is 35.3 Å². The molecule has 0 aliphatic heterocycles. The molecule has 27 heavy (non-hydrogen) atoms. The highest BCUT2D eigenvalue weighted by Gasteiger charge is 2.03. The van der Waals surface area contributed by atoms with Crippen LogP contribution in [0.25, 0.3) is 0 Å². The highest BCUT2D eigenvalue weighted by molar-refractivity contribution is 6.30. The standard InChI is InChI=1S/C20H22Cl2N2O3/c1-15(23-12-13-26-18-6-2-16(21)3-7-18)10-11-24-20(25)14-27-19-8-4-17(22)5-9-19/h2-9,23H,1,10-14H2,(H,24,25). The smallest absolute Gasteiger partial charge is 0.257 e. The summed E-state index contributed by atoms with van der Waals surface area (Å²) in [5, 5.41) is 7.24. The molecule has 1 amide bonds. The molecule has 2 aromatic carbocycles. The van der Waals surface area contributed by atoms with Crippen molar-refractivity contribution in [1.82, 2.24) is 10.6 Å². The first-order valence-electron chi connectivity index (χ1n) is 8.48. The fourth-order valence-electron chi connectivity index (χ4n) is 2.10. The molecular formula is C20H22Cl2N2O3. The second-order valence-electron chi connectivity index (χ2n) is 5.68. The lowest BCUT2D eigenvalue weighted by molar-refractivity contribution is -0.123. The minimum atomic E-state index is -0.191. The Balaban J connectivity index is 1.51. The van der Waals surface area contributed by atoms with E-state index >= 15 is 0 Å². The quantitative estimate of drug-likeness (QED) is 0.550. The van der Waals surface area contributed by atoms with Gasteiger partial charge < -0.3 is 20.1 Å². The van der Waals surface area contributed by atoms with E-state index in [4.69, 9.17) is 32.7 Å². The van der Waals surface area contributed by atoms with Gasteiger partial charge in [-0.25, -0.2) is 0 Å². The van der Waals surface area contributed by atoms with Crippen molar-refractivity contribution in [3.63, 3.8) is 0 Å². The molecule has 0 aliphatic carbocycles. The second-order valence-corrected chi connectivity index (χ2v) is 6.55. The summed E-state index contributed by atoms with van der Waals surface area (Å²) >= 11 is 11.6. The van der Waals surface area contributed by atoms with Crippen molar-refractivity contribution in [2.75, 3.05) is 26.3 Å². The Morgan fingerprint density at radius 1 is 0.852 bits per heavy atom. The molecule has 2 rings (SSSR count). The molecule has 144 valence electrons. The topological polar surface area (TPSA) is 59.6 Å². The average molecular weight is 409 g/mol. The summed E-state index contributed by atoms with van der Waals surface area (Å²) in [6.07, 6.45) is 0.619. The van der Waals surface area contributed by atoms with Gasteiger partial charge in [-0.05, 0) is 48.5 Å². The minimum Gasteiger partial charge on any atom is -0.492 e. The summed E-state index contributed by atoms with van der Waals surface area (Å²) < 4.78 is 11.0. The maximum Gasteiger partial charge on any atom is 0.257 e. The first kappa shape index (κ1) is 20.9. The van der Waals surface area contributed by atoms with E-state index in [9.17, 15) is 4.79 Å². The SMILES string of the molecule is C=C(CCNC(=O)COc1ccc(Cl)cc1)NCCOc1ccc(Cl)cc1. The predicted octanol–water partition coefficient (Wildman–Crippen LogP) is 4.06. The number of ether oxygens (including phenoxy) is 2. The van der Waals surface area contributed by atoms with E-state index in [1.807, 2.05) is 12.1 Å². The Bertz CT molecular complexity index is 734. The lowest BCUT2D eigenvalue weighted by atomic mass is 10.3. The monoisotopic (exact) mass is 408 g/mol. The van der Waals surface area contributed by atoms with Gasteiger partial charge in [0.15, 0.2) is 6.61 Å². The van der Waals surface area contributed by atoms with Gasteiger partial charge in [-0.2, -0.15) is 0 Å². The van der Waals surface area contributed by atoms with Gasteiger partial charge in [0.1, 0.15) is 18.1 Å². The third-order valence-corrected chi connectivity index (χ3v) is 4.00. The van der Waals surface area contributed by atoms with Gasteiger partial charge in [0.2, 0.25) is 0 Å². The molecule has 0 aromatic heterocycles. The van der Waals surface area contributed by atoms with Crippen LogP contribution in [0.3, 0.4) is 0 Å². The predicted molar refractivity (Wildman–Crippen MR) is 109 cm³/mol. The van der Waals surface area contributed by atoms with Crippen molar-refractivity contribution in [3.05, 3.63) is 70.9 Å². The molecule has 0 heterocycles. The van der Waals surface area contributed by atoms with Crippen molar-refractivity contribution in [2.45, 2.75) is 6.42 Å². The molecule has 0 radical (unpaired) electrons. The molecule has 2 aromatic rings. The fourth-order valence-corrected chi connectivity index (χ4v) is 2.35. The highest BCUT2D eigenvalue weighted by atomic mass is 35.5. The largest absolute Gasteiger partial charge is 0.492 e. The van der Waals surface area contributed by atoms with E-state index in [2.05, 4.69) is 17.2 Å². The molecule has 2 N–H and O–H groups in total. The third kappa shape index (κ3) is 8.71. The molecular weight excluding hydrogens is 387 g/mol. The van der Waals surface area contributed by atoms with Crippen LogP contribution >= 0.6 is 23.2 Å². The van der Waals surface area contributed by atoms with Crippen LogP contribution < -0.4 is 20.1 Å². The molecule has 5 nitrogen and oxygen atoms in total. The first-order chi connectivity index (χ1) is 13.0. The van der Waals surface area contributed by atoms with Gasteiger partial charge >= 0.3 is 0 Å². The van der Waals surface area contributed by atoms with Gasteiger partial charge in [0.05, 0.1) is 0 Å². The van der Waals surface area contributed by atoms with E-state index in [1.165, 1.54) is 0 Å². The summed E-state index contributed by atoms with van der Waals surface area (Å²) in [5.41, 5.74) is 0.827. The number of rotatable bonds is 11. The highest BCUT2D eigenvalue weighted by Crippen LogP contribution is 2.16. The molecule has 0 bridgehead atoms. The number of amides is 1. The second kappa shape index (κ2) is 11.4. The zero-order chi connectivity index (χ0) is 19.5. The van der Waals surface area contributed by atoms with E-state index in [-0.39, 0.29) is 12.5 Å². The Kier molecular flexibility index (Phi) is 8.81. The number of hydrogen-bond donors (Lipinski definition) is 2. The van der Waals surface area contributed by atoms with Gasteiger partial charge in [0.25, 0.3) is 5.91 Å². The van der Waals surface area contributed by atoms with Crippen LogP contribution in [0.2, 0.25) is 10.0 Å². The molecule has 0 saturated heterocycles. The fraction of sp³-hybridized carbons (Fsp3) is 0.250. The van der Waals surface area contributed by atoms with Crippen LogP contribution in [0.15, 0.2) is 60.8 Å². The summed E-state index contributed by atoms with van der Waals surface area (Å²) in [6, 6.07) is 14.0. The maximum atomic E-state index is 11.8. The first-order valence-corrected chi connectivity index (χ1v) is 9.23. The van der Waals surface area contributed by atoms with Crippen molar-refractivity contribution in [3.8, 4) is 11.5 Å². The van der Waals surface area contributed by atoms with Crippen molar-refractivity contribution >= 4 is 29.1 Å². The molecule has 0 aliphatic rings.